The van der Waals surface area contributed by atoms with E-state index in [2.05, 4.69) is 63.8 Å². The summed E-state index contributed by atoms with van der Waals surface area (Å²) in [6.45, 7) is 4.25. The minimum atomic E-state index is 0.0766. The van der Waals surface area contributed by atoms with E-state index >= 15 is 0 Å². The fourth-order valence-electron chi connectivity index (χ4n) is 6.62. The largest absolute Gasteiger partial charge is 0.381 e. The van der Waals surface area contributed by atoms with Crippen LogP contribution in [0.3, 0.4) is 0 Å². The molecule has 4 aromatic rings. The van der Waals surface area contributed by atoms with Crippen LogP contribution in [0, 0.1) is 0 Å². The van der Waals surface area contributed by atoms with Crippen molar-refractivity contribution in [1.29, 1.82) is 0 Å². The zero-order valence-electron chi connectivity index (χ0n) is 23.2. The smallest absolute Gasteiger partial charge is 0.256 e. The third-order valence-corrected chi connectivity index (χ3v) is 8.99. The van der Waals surface area contributed by atoms with Crippen LogP contribution in [0.25, 0.3) is 11.0 Å². The minimum Gasteiger partial charge on any atom is -0.381 e. The van der Waals surface area contributed by atoms with Crippen LogP contribution < -0.4 is 16.2 Å². The molecule has 0 amide bonds. The van der Waals surface area contributed by atoms with Gasteiger partial charge in [-0.1, -0.05) is 12.1 Å². The third-order valence-electron chi connectivity index (χ3n) is 8.99. The first-order valence-corrected chi connectivity index (χ1v) is 14.8. The maximum Gasteiger partial charge on any atom is 0.256 e. The predicted octanol–water partition coefficient (Wildman–Crippen LogP) is 5.16. The Morgan fingerprint density at radius 3 is 2.50 bits per heavy atom. The summed E-state index contributed by atoms with van der Waals surface area (Å²) in [5.41, 5.74) is 6.48. The topological polar surface area (TPSA) is 86.0 Å². The van der Waals surface area contributed by atoms with Crippen molar-refractivity contribution in [2.75, 3.05) is 31.6 Å². The molecule has 0 radical (unpaired) electrons. The summed E-state index contributed by atoms with van der Waals surface area (Å²) in [4.78, 5) is 23.4. The lowest BCUT2D eigenvalue weighted by atomic mass is 9.90. The SMILES string of the molecule is Cn1ccc(Cn2c(=O)c(C3CC3)cc3cnc(Nc4ccc(C5CCNCC5)cc4)nc32)c1C1CCOCC1. The van der Waals surface area contributed by atoms with E-state index in [9.17, 15) is 4.79 Å². The van der Waals surface area contributed by atoms with Gasteiger partial charge in [-0.3, -0.25) is 9.36 Å². The number of piperidine rings is 1. The molecule has 2 saturated heterocycles. The van der Waals surface area contributed by atoms with Crippen LogP contribution in [-0.2, 0) is 18.3 Å². The Morgan fingerprint density at radius 1 is 0.975 bits per heavy atom. The molecule has 0 atom stereocenters. The van der Waals surface area contributed by atoms with Gasteiger partial charge in [-0.25, -0.2) is 4.98 Å². The van der Waals surface area contributed by atoms with Gasteiger partial charge in [0.2, 0.25) is 5.95 Å². The normalized spacial score (nSPS) is 18.8. The van der Waals surface area contributed by atoms with Gasteiger partial charge in [0, 0.05) is 60.9 Å². The van der Waals surface area contributed by atoms with E-state index in [1.165, 1.54) is 29.7 Å². The van der Waals surface area contributed by atoms with Crippen molar-refractivity contribution in [3.05, 3.63) is 81.5 Å². The van der Waals surface area contributed by atoms with Crippen molar-refractivity contribution in [2.24, 2.45) is 7.05 Å². The van der Waals surface area contributed by atoms with Crippen molar-refractivity contribution in [3.63, 3.8) is 0 Å². The molecule has 0 bridgehead atoms. The first-order chi connectivity index (χ1) is 19.6. The number of fused-ring (bicyclic) bond motifs is 1. The van der Waals surface area contributed by atoms with Crippen molar-refractivity contribution >= 4 is 22.7 Å². The summed E-state index contributed by atoms with van der Waals surface area (Å²) in [5, 5.41) is 7.74. The molecule has 1 aliphatic carbocycles. The van der Waals surface area contributed by atoms with E-state index in [-0.39, 0.29) is 5.56 Å². The highest BCUT2D eigenvalue weighted by atomic mass is 16.5. The number of hydrogen-bond acceptors (Lipinski definition) is 6. The number of nitrogens with zero attached hydrogens (tertiary/aromatic N) is 4. The Balaban J connectivity index is 1.22. The van der Waals surface area contributed by atoms with Crippen LogP contribution in [0.1, 0.15) is 78.7 Å². The standard InChI is InChI=1S/C32H38N6O2/c1-37-15-10-25(29(37)24-11-16-40-17-12-24)20-38-30-26(18-28(31(38)39)23-2-3-23)19-34-32(36-30)35-27-6-4-21(5-7-27)22-8-13-33-14-9-22/h4-7,10,15,18-19,22-24,33H,2-3,8-9,11-14,16-17,20H2,1H3,(H,34,35,36). The van der Waals surface area contributed by atoms with E-state index < -0.39 is 0 Å². The fraction of sp³-hybridized carbons (Fsp3) is 0.469. The summed E-state index contributed by atoms with van der Waals surface area (Å²) in [5.74, 6) is 1.92. The second-order valence-electron chi connectivity index (χ2n) is 11.7. The number of aromatic nitrogens is 4. The van der Waals surface area contributed by atoms with Crippen molar-refractivity contribution in [3.8, 4) is 0 Å². The fourth-order valence-corrected chi connectivity index (χ4v) is 6.62. The van der Waals surface area contributed by atoms with Gasteiger partial charge >= 0.3 is 0 Å². The monoisotopic (exact) mass is 538 g/mol. The van der Waals surface area contributed by atoms with Gasteiger partial charge in [-0.15, -0.1) is 0 Å². The van der Waals surface area contributed by atoms with Crippen molar-refractivity contribution < 1.29 is 4.74 Å². The molecule has 0 unspecified atom stereocenters. The lowest BCUT2D eigenvalue weighted by Gasteiger charge is -2.24. The van der Waals surface area contributed by atoms with Gasteiger partial charge in [0.1, 0.15) is 5.65 Å². The van der Waals surface area contributed by atoms with Crippen LogP contribution in [0.2, 0.25) is 0 Å². The second kappa shape index (κ2) is 10.8. The van der Waals surface area contributed by atoms with E-state index in [1.807, 2.05) is 16.8 Å². The molecule has 208 valence electrons. The Kier molecular flexibility index (Phi) is 6.89. The van der Waals surface area contributed by atoms with E-state index in [0.29, 0.717) is 35.9 Å². The number of benzene rings is 1. The van der Waals surface area contributed by atoms with Gasteiger partial charge < -0.3 is 19.9 Å². The van der Waals surface area contributed by atoms with Crippen LogP contribution >= 0.6 is 0 Å². The quantitative estimate of drug-likeness (QED) is 0.338. The molecule has 8 heteroatoms. The van der Waals surface area contributed by atoms with Crippen LogP contribution in [0.5, 0.6) is 0 Å². The molecule has 2 aliphatic heterocycles. The zero-order chi connectivity index (χ0) is 27.1. The van der Waals surface area contributed by atoms with E-state index in [0.717, 1.165) is 68.6 Å². The van der Waals surface area contributed by atoms with Gasteiger partial charge in [0.05, 0.1) is 6.54 Å². The number of ether oxygens (including phenoxy) is 1. The summed E-state index contributed by atoms with van der Waals surface area (Å²) in [6.07, 6.45) is 10.5. The Bertz CT molecular complexity index is 1560. The Labute approximate surface area is 234 Å². The maximum absolute atomic E-state index is 13.9. The summed E-state index contributed by atoms with van der Waals surface area (Å²) in [7, 11) is 2.11. The van der Waals surface area contributed by atoms with Gasteiger partial charge in [0.25, 0.3) is 5.56 Å². The summed E-state index contributed by atoms with van der Waals surface area (Å²) >= 11 is 0. The van der Waals surface area contributed by atoms with E-state index in [4.69, 9.17) is 9.72 Å². The van der Waals surface area contributed by atoms with E-state index in [1.54, 1.807) is 0 Å². The minimum absolute atomic E-state index is 0.0766. The summed E-state index contributed by atoms with van der Waals surface area (Å²) < 4.78 is 9.73. The van der Waals surface area contributed by atoms with Crippen LogP contribution in [0.15, 0.2) is 53.6 Å². The summed E-state index contributed by atoms with van der Waals surface area (Å²) in [6, 6.07) is 12.8. The van der Waals surface area contributed by atoms with Crippen LogP contribution in [0.4, 0.5) is 11.6 Å². The molecular weight excluding hydrogens is 500 g/mol. The molecule has 7 rings (SSSR count). The maximum atomic E-state index is 13.9. The molecule has 1 aromatic carbocycles. The van der Waals surface area contributed by atoms with Crippen molar-refractivity contribution in [2.45, 2.75) is 62.8 Å². The molecular formula is C32H38N6O2. The second-order valence-corrected chi connectivity index (χ2v) is 11.7. The lowest BCUT2D eigenvalue weighted by Crippen LogP contribution is -2.26. The number of aryl methyl sites for hydroxylation is 1. The van der Waals surface area contributed by atoms with Gasteiger partial charge in [0.15, 0.2) is 0 Å². The third kappa shape index (κ3) is 5.06. The molecule has 40 heavy (non-hydrogen) atoms. The predicted molar refractivity (Wildman–Crippen MR) is 158 cm³/mol. The molecule has 3 aliphatic rings. The number of anilines is 2. The average Bonchev–Trinajstić information content (AvgIpc) is 3.78. The molecule has 1 saturated carbocycles. The highest BCUT2D eigenvalue weighted by Crippen LogP contribution is 2.39. The van der Waals surface area contributed by atoms with Crippen molar-refractivity contribution in [1.82, 2.24) is 24.4 Å². The number of rotatable bonds is 7. The number of hydrogen-bond donors (Lipinski definition) is 2. The Hall–Kier alpha value is -3.49. The molecule has 2 N–H and O–H groups in total. The molecule has 5 heterocycles. The van der Waals surface area contributed by atoms with Crippen LogP contribution in [-0.4, -0.2) is 45.4 Å². The van der Waals surface area contributed by atoms with Gasteiger partial charge in [-0.2, -0.15) is 4.98 Å². The number of pyridine rings is 1. The van der Waals surface area contributed by atoms with Gasteiger partial charge in [-0.05, 0) is 98.8 Å². The zero-order valence-corrected chi connectivity index (χ0v) is 23.2. The average molecular weight is 539 g/mol. The molecule has 3 fully saturated rings. The highest BCUT2D eigenvalue weighted by molar-refractivity contribution is 5.77. The Morgan fingerprint density at radius 2 is 1.75 bits per heavy atom. The molecule has 3 aromatic heterocycles. The lowest BCUT2D eigenvalue weighted by molar-refractivity contribution is 0.0837. The molecule has 0 spiro atoms. The first kappa shape index (κ1) is 25.5. The first-order valence-electron chi connectivity index (χ1n) is 14.8. The highest BCUT2D eigenvalue weighted by Gasteiger charge is 2.29. The number of nitrogens with one attached hydrogen (secondary N) is 2. The molecule has 8 nitrogen and oxygen atoms in total.